The van der Waals surface area contributed by atoms with Gasteiger partial charge >= 0.3 is 11.9 Å². The average molecular weight is 388 g/mol. The highest BCUT2D eigenvalue weighted by Crippen LogP contribution is 2.64. The van der Waals surface area contributed by atoms with Crippen LogP contribution in [0.4, 0.5) is 0 Å². The van der Waals surface area contributed by atoms with Crippen molar-refractivity contribution >= 4 is 41.0 Å². The van der Waals surface area contributed by atoms with Crippen LogP contribution in [-0.4, -0.2) is 41.9 Å². The molecular formula is C17H19Cl2NO5. The topological polar surface area (TPSA) is 81.7 Å². The number of hydrogen-bond donors (Lipinski definition) is 1. The second-order valence-corrected chi connectivity index (χ2v) is 7.61. The normalized spacial score (nSPS) is 21.8. The molecule has 1 amide bonds. The number of rotatable bonds is 7. The van der Waals surface area contributed by atoms with Gasteiger partial charge in [-0.05, 0) is 12.5 Å². The number of ether oxygens (including phenoxy) is 2. The molecule has 0 radical (unpaired) electrons. The molecule has 1 aromatic rings. The fourth-order valence-corrected chi connectivity index (χ4v) is 3.02. The van der Waals surface area contributed by atoms with E-state index in [9.17, 15) is 14.4 Å². The lowest BCUT2D eigenvalue weighted by atomic mass is 10.1. The van der Waals surface area contributed by atoms with E-state index in [0.29, 0.717) is 0 Å². The molecule has 0 aromatic heterocycles. The lowest BCUT2D eigenvalue weighted by Crippen LogP contribution is -2.45. The molecule has 0 saturated heterocycles. The number of amides is 1. The van der Waals surface area contributed by atoms with Crippen molar-refractivity contribution in [1.29, 1.82) is 0 Å². The quantitative estimate of drug-likeness (QED) is 0.571. The van der Waals surface area contributed by atoms with Crippen molar-refractivity contribution in [2.45, 2.75) is 30.1 Å². The Hall–Kier alpha value is -1.79. The maximum absolute atomic E-state index is 12.0. The summed E-state index contributed by atoms with van der Waals surface area (Å²) in [4.78, 5) is 35.8. The zero-order chi connectivity index (χ0) is 18.7. The van der Waals surface area contributed by atoms with Gasteiger partial charge in [0.05, 0.1) is 7.11 Å². The summed E-state index contributed by atoms with van der Waals surface area (Å²) in [6.45, 7) is 1.04. The third-order valence-electron chi connectivity index (χ3n) is 4.15. The highest BCUT2D eigenvalue weighted by Gasteiger charge is 2.69. The minimum Gasteiger partial charge on any atom is -0.467 e. The van der Waals surface area contributed by atoms with Crippen LogP contribution in [-0.2, 0) is 30.3 Å². The van der Waals surface area contributed by atoms with E-state index in [1.807, 2.05) is 30.3 Å². The van der Waals surface area contributed by atoms with Gasteiger partial charge in [-0.3, -0.25) is 9.59 Å². The lowest BCUT2D eigenvalue weighted by molar-refractivity contribution is -0.154. The van der Waals surface area contributed by atoms with Gasteiger partial charge in [0, 0.05) is 12.8 Å². The molecule has 0 spiro atoms. The molecule has 25 heavy (non-hydrogen) atoms. The fourth-order valence-electron chi connectivity index (χ4n) is 2.33. The van der Waals surface area contributed by atoms with E-state index in [1.165, 1.54) is 7.11 Å². The van der Waals surface area contributed by atoms with Crippen LogP contribution in [0.25, 0.3) is 0 Å². The minimum absolute atomic E-state index is 0.261. The lowest BCUT2D eigenvalue weighted by Gasteiger charge is -2.17. The van der Waals surface area contributed by atoms with Crippen LogP contribution >= 0.6 is 23.2 Å². The van der Waals surface area contributed by atoms with Crippen LogP contribution in [0.15, 0.2) is 30.3 Å². The molecule has 136 valence electrons. The summed E-state index contributed by atoms with van der Waals surface area (Å²) in [6, 6.07) is 8.28. The molecule has 6 nitrogen and oxygen atoms in total. The van der Waals surface area contributed by atoms with Crippen molar-refractivity contribution in [3.05, 3.63) is 35.9 Å². The van der Waals surface area contributed by atoms with Crippen molar-refractivity contribution in [2.75, 3.05) is 13.7 Å². The zero-order valence-corrected chi connectivity index (χ0v) is 15.4. The van der Waals surface area contributed by atoms with Crippen molar-refractivity contribution in [3.63, 3.8) is 0 Å². The van der Waals surface area contributed by atoms with E-state index >= 15 is 0 Å². The van der Waals surface area contributed by atoms with Gasteiger partial charge in [0.25, 0.3) is 5.91 Å². The molecule has 2 atom stereocenters. The Kier molecular flexibility index (Phi) is 5.95. The Balaban J connectivity index is 1.89. The van der Waals surface area contributed by atoms with Gasteiger partial charge < -0.3 is 14.8 Å². The third kappa shape index (κ3) is 4.64. The summed E-state index contributed by atoms with van der Waals surface area (Å²) in [7, 11) is 1.24. The fraction of sp³-hybridized carbons (Fsp3) is 0.471. The van der Waals surface area contributed by atoms with E-state index < -0.39 is 40.2 Å². The van der Waals surface area contributed by atoms with Crippen molar-refractivity contribution in [1.82, 2.24) is 5.32 Å². The molecule has 2 rings (SSSR count). The standard InChI is InChI=1S/C17H19Cl2NO5/c1-16(10-17(16,18)19)15(23)25-9-13(21)20-12(14(22)24-2)8-11-6-4-3-5-7-11/h3-7,12H,8-10H2,1-2H3,(H,20,21). The average Bonchev–Trinajstić information content (AvgIpc) is 3.11. The smallest absolute Gasteiger partial charge is 0.328 e. The number of nitrogens with one attached hydrogen (secondary N) is 1. The number of esters is 2. The number of benzene rings is 1. The second-order valence-electron chi connectivity index (χ2n) is 6.12. The maximum Gasteiger partial charge on any atom is 0.328 e. The van der Waals surface area contributed by atoms with Crippen molar-refractivity contribution in [3.8, 4) is 0 Å². The molecule has 0 aliphatic heterocycles. The molecule has 1 aromatic carbocycles. The minimum atomic E-state index is -1.16. The van der Waals surface area contributed by atoms with Crippen LogP contribution in [0, 0.1) is 5.41 Å². The summed E-state index contributed by atoms with van der Waals surface area (Å²) in [5, 5.41) is 2.51. The number of carbonyl (C=O) groups is 3. The van der Waals surface area contributed by atoms with Gasteiger partial charge in [-0.2, -0.15) is 0 Å². The Bertz CT molecular complexity index is 664. The number of carbonyl (C=O) groups excluding carboxylic acids is 3. The summed E-state index contributed by atoms with van der Waals surface area (Å²) in [6.07, 6.45) is 0.528. The first-order chi connectivity index (χ1) is 11.7. The predicted molar refractivity (Wildman–Crippen MR) is 92.2 cm³/mol. The summed E-state index contributed by atoms with van der Waals surface area (Å²) in [5.74, 6) is -1.85. The number of halogens is 2. The monoisotopic (exact) mass is 387 g/mol. The van der Waals surface area contributed by atoms with Crippen LogP contribution in [0.1, 0.15) is 18.9 Å². The Morgan fingerprint density at radius 1 is 1.24 bits per heavy atom. The molecule has 1 aliphatic rings. The van der Waals surface area contributed by atoms with Gasteiger partial charge in [0.15, 0.2) is 6.61 Å². The van der Waals surface area contributed by atoms with Crippen molar-refractivity contribution in [2.24, 2.45) is 5.41 Å². The zero-order valence-electron chi connectivity index (χ0n) is 13.9. The Labute approximate surface area is 155 Å². The van der Waals surface area contributed by atoms with Crippen LogP contribution < -0.4 is 5.32 Å². The second kappa shape index (κ2) is 7.62. The molecule has 1 N–H and O–H groups in total. The summed E-state index contributed by atoms with van der Waals surface area (Å²) in [5.41, 5.74) is -0.155. The van der Waals surface area contributed by atoms with E-state index in [-0.39, 0.29) is 12.8 Å². The van der Waals surface area contributed by atoms with E-state index in [0.717, 1.165) is 5.56 Å². The van der Waals surface area contributed by atoms with Gasteiger partial charge in [0.2, 0.25) is 0 Å². The Morgan fingerprint density at radius 3 is 2.36 bits per heavy atom. The molecule has 1 fully saturated rings. The highest BCUT2D eigenvalue weighted by molar-refractivity contribution is 6.53. The maximum atomic E-state index is 12.0. The van der Waals surface area contributed by atoms with Crippen LogP contribution in [0.5, 0.6) is 0 Å². The molecule has 2 unspecified atom stereocenters. The van der Waals surface area contributed by atoms with Gasteiger partial charge in [-0.15, -0.1) is 23.2 Å². The largest absolute Gasteiger partial charge is 0.467 e. The highest BCUT2D eigenvalue weighted by atomic mass is 35.5. The Morgan fingerprint density at radius 2 is 1.84 bits per heavy atom. The van der Waals surface area contributed by atoms with E-state index in [4.69, 9.17) is 32.7 Å². The summed E-state index contributed by atoms with van der Waals surface area (Å²) >= 11 is 11.8. The van der Waals surface area contributed by atoms with Crippen LogP contribution in [0.3, 0.4) is 0 Å². The number of alkyl halides is 2. The van der Waals surface area contributed by atoms with Crippen LogP contribution in [0.2, 0.25) is 0 Å². The first-order valence-electron chi connectivity index (χ1n) is 7.66. The van der Waals surface area contributed by atoms with E-state index in [2.05, 4.69) is 5.32 Å². The first-order valence-corrected chi connectivity index (χ1v) is 8.41. The number of hydrogen-bond acceptors (Lipinski definition) is 5. The summed E-state index contributed by atoms with van der Waals surface area (Å²) < 4.78 is 8.50. The third-order valence-corrected chi connectivity index (χ3v) is 5.25. The van der Waals surface area contributed by atoms with E-state index in [1.54, 1.807) is 6.92 Å². The van der Waals surface area contributed by atoms with Gasteiger partial charge in [-0.25, -0.2) is 4.79 Å². The molecule has 1 saturated carbocycles. The predicted octanol–water partition coefficient (Wildman–Crippen LogP) is 2.01. The number of methoxy groups -OCH3 is 1. The molecule has 0 bridgehead atoms. The molecular weight excluding hydrogens is 369 g/mol. The molecule has 8 heteroatoms. The van der Waals surface area contributed by atoms with Crippen molar-refractivity contribution < 1.29 is 23.9 Å². The molecule has 0 heterocycles. The van der Waals surface area contributed by atoms with Gasteiger partial charge in [0.1, 0.15) is 15.8 Å². The first kappa shape index (κ1) is 19.5. The van der Waals surface area contributed by atoms with Gasteiger partial charge in [-0.1, -0.05) is 30.3 Å². The SMILES string of the molecule is COC(=O)C(Cc1ccccc1)NC(=O)COC(=O)C1(C)CC1(Cl)Cl. The molecule has 1 aliphatic carbocycles.